The SMILES string of the molecule is CCCNCC=Cc1ccc([N+](=O)[O-])cc1. The molecule has 1 aromatic carbocycles. The number of non-ortho nitro benzene ring substituents is 1. The van der Waals surface area contributed by atoms with Gasteiger partial charge in [-0.25, -0.2) is 0 Å². The molecule has 0 saturated carbocycles. The molecule has 0 radical (unpaired) electrons. The lowest BCUT2D eigenvalue weighted by Crippen LogP contribution is -2.13. The van der Waals surface area contributed by atoms with Crippen LogP contribution in [0.2, 0.25) is 0 Å². The number of hydrogen-bond acceptors (Lipinski definition) is 3. The van der Waals surface area contributed by atoms with E-state index in [2.05, 4.69) is 12.2 Å². The molecule has 0 bridgehead atoms. The van der Waals surface area contributed by atoms with Crippen LogP contribution in [0.5, 0.6) is 0 Å². The van der Waals surface area contributed by atoms with Crippen LogP contribution in [-0.2, 0) is 0 Å². The first-order valence-electron chi connectivity index (χ1n) is 5.35. The Morgan fingerprint density at radius 2 is 2.06 bits per heavy atom. The van der Waals surface area contributed by atoms with Gasteiger partial charge in [0.2, 0.25) is 0 Å². The van der Waals surface area contributed by atoms with Gasteiger partial charge in [-0.2, -0.15) is 0 Å². The van der Waals surface area contributed by atoms with Gasteiger partial charge in [0.1, 0.15) is 0 Å². The van der Waals surface area contributed by atoms with Gasteiger partial charge in [-0.15, -0.1) is 0 Å². The van der Waals surface area contributed by atoms with Gasteiger partial charge in [0.05, 0.1) is 4.92 Å². The molecule has 16 heavy (non-hydrogen) atoms. The smallest absolute Gasteiger partial charge is 0.269 e. The van der Waals surface area contributed by atoms with Gasteiger partial charge in [-0.3, -0.25) is 10.1 Å². The zero-order chi connectivity index (χ0) is 11.8. The molecule has 1 rings (SSSR count). The van der Waals surface area contributed by atoms with Crippen LogP contribution in [0, 0.1) is 10.1 Å². The topological polar surface area (TPSA) is 55.2 Å². The van der Waals surface area contributed by atoms with Gasteiger partial charge >= 0.3 is 0 Å². The third-order valence-corrected chi connectivity index (χ3v) is 2.10. The average Bonchev–Trinajstić information content (AvgIpc) is 2.29. The fourth-order valence-corrected chi connectivity index (χ4v) is 1.26. The predicted octanol–water partition coefficient (Wildman–Crippen LogP) is 2.61. The maximum absolute atomic E-state index is 10.4. The number of nitro benzene ring substituents is 1. The first kappa shape index (κ1) is 12.4. The Kier molecular flexibility index (Phi) is 5.22. The Balaban J connectivity index is 2.45. The number of nitrogens with one attached hydrogen (secondary N) is 1. The van der Waals surface area contributed by atoms with E-state index in [1.807, 2.05) is 12.2 Å². The van der Waals surface area contributed by atoms with Crippen LogP contribution in [-0.4, -0.2) is 18.0 Å². The highest BCUT2D eigenvalue weighted by Crippen LogP contribution is 2.12. The molecule has 0 atom stereocenters. The third-order valence-electron chi connectivity index (χ3n) is 2.10. The second-order valence-electron chi connectivity index (χ2n) is 3.46. The van der Waals surface area contributed by atoms with Crippen LogP contribution in [0.15, 0.2) is 30.3 Å². The molecule has 0 aromatic heterocycles. The minimum absolute atomic E-state index is 0.126. The number of benzene rings is 1. The summed E-state index contributed by atoms with van der Waals surface area (Å²) in [4.78, 5) is 10.0. The number of nitro groups is 1. The zero-order valence-corrected chi connectivity index (χ0v) is 9.35. The number of hydrogen-bond donors (Lipinski definition) is 1. The normalized spacial score (nSPS) is 10.8. The molecule has 0 spiro atoms. The number of rotatable bonds is 6. The van der Waals surface area contributed by atoms with Crippen molar-refractivity contribution in [1.82, 2.24) is 5.32 Å². The maximum Gasteiger partial charge on any atom is 0.269 e. The van der Waals surface area contributed by atoms with Gasteiger partial charge in [0, 0.05) is 18.7 Å². The van der Waals surface area contributed by atoms with Gasteiger partial charge in [-0.1, -0.05) is 19.1 Å². The van der Waals surface area contributed by atoms with Gasteiger partial charge in [0.15, 0.2) is 0 Å². The fraction of sp³-hybridized carbons (Fsp3) is 0.333. The van der Waals surface area contributed by atoms with E-state index in [1.54, 1.807) is 12.1 Å². The van der Waals surface area contributed by atoms with Crippen molar-refractivity contribution in [3.8, 4) is 0 Å². The minimum atomic E-state index is -0.393. The quantitative estimate of drug-likeness (QED) is 0.455. The van der Waals surface area contributed by atoms with E-state index in [1.165, 1.54) is 12.1 Å². The van der Waals surface area contributed by atoms with Crippen molar-refractivity contribution in [2.45, 2.75) is 13.3 Å². The zero-order valence-electron chi connectivity index (χ0n) is 9.35. The van der Waals surface area contributed by atoms with Crippen molar-refractivity contribution in [3.05, 3.63) is 46.0 Å². The monoisotopic (exact) mass is 220 g/mol. The fourth-order valence-electron chi connectivity index (χ4n) is 1.26. The molecular weight excluding hydrogens is 204 g/mol. The van der Waals surface area contributed by atoms with Crippen molar-refractivity contribution in [2.75, 3.05) is 13.1 Å². The summed E-state index contributed by atoms with van der Waals surface area (Å²) in [6, 6.07) is 6.52. The number of nitrogens with zero attached hydrogens (tertiary/aromatic N) is 1. The van der Waals surface area contributed by atoms with E-state index in [0.717, 1.165) is 25.1 Å². The van der Waals surface area contributed by atoms with Crippen LogP contribution in [0.25, 0.3) is 6.08 Å². The standard InChI is InChI=1S/C12H16N2O2/c1-2-9-13-10-3-4-11-5-7-12(8-6-11)14(15)16/h3-8,13H,2,9-10H2,1H3. The molecule has 0 saturated heterocycles. The highest BCUT2D eigenvalue weighted by molar-refractivity contribution is 5.51. The van der Waals surface area contributed by atoms with Crippen molar-refractivity contribution in [1.29, 1.82) is 0 Å². The Labute approximate surface area is 95.1 Å². The minimum Gasteiger partial charge on any atom is -0.313 e. The summed E-state index contributed by atoms with van der Waals surface area (Å²) in [5.74, 6) is 0. The van der Waals surface area contributed by atoms with E-state index >= 15 is 0 Å². The summed E-state index contributed by atoms with van der Waals surface area (Å²) < 4.78 is 0. The Morgan fingerprint density at radius 3 is 2.62 bits per heavy atom. The summed E-state index contributed by atoms with van der Waals surface area (Å²) in [7, 11) is 0. The molecule has 0 aliphatic rings. The van der Waals surface area contributed by atoms with E-state index in [0.29, 0.717) is 0 Å². The van der Waals surface area contributed by atoms with E-state index in [4.69, 9.17) is 0 Å². The molecule has 4 nitrogen and oxygen atoms in total. The van der Waals surface area contributed by atoms with Crippen LogP contribution in [0.3, 0.4) is 0 Å². The lowest BCUT2D eigenvalue weighted by atomic mass is 10.2. The molecule has 86 valence electrons. The van der Waals surface area contributed by atoms with Crippen molar-refractivity contribution >= 4 is 11.8 Å². The maximum atomic E-state index is 10.4. The Bertz CT molecular complexity index is 358. The first-order chi connectivity index (χ1) is 7.74. The summed E-state index contributed by atoms with van der Waals surface area (Å²) in [6.45, 7) is 3.95. The predicted molar refractivity (Wildman–Crippen MR) is 65.3 cm³/mol. The molecule has 0 aliphatic carbocycles. The highest BCUT2D eigenvalue weighted by Gasteiger charge is 2.01. The van der Waals surface area contributed by atoms with E-state index in [-0.39, 0.29) is 5.69 Å². The van der Waals surface area contributed by atoms with Gasteiger partial charge < -0.3 is 5.32 Å². The largest absolute Gasteiger partial charge is 0.313 e. The Hall–Kier alpha value is -1.68. The van der Waals surface area contributed by atoms with Crippen LogP contribution >= 0.6 is 0 Å². The molecule has 0 amide bonds. The van der Waals surface area contributed by atoms with E-state index in [9.17, 15) is 10.1 Å². The van der Waals surface area contributed by atoms with Crippen LogP contribution in [0.4, 0.5) is 5.69 Å². The summed E-state index contributed by atoms with van der Waals surface area (Å²) in [5.41, 5.74) is 1.10. The molecule has 0 fully saturated rings. The second kappa shape index (κ2) is 6.74. The highest BCUT2D eigenvalue weighted by atomic mass is 16.6. The molecular formula is C12H16N2O2. The molecule has 1 aromatic rings. The lowest BCUT2D eigenvalue weighted by molar-refractivity contribution is -0.384. The average molecular weight is 220 g/mol. The molecule has 0 unspecified atom stereocenters. The van der Waals surface area contributed by atoms with Crippen LogP contribution in [0.1, 0.15) is 18.9 Å². The van der Waals surface area contributed by atoms with Gasteiger partial charge in [-0.05, 0) is 30.7 Å². The van der Waals surface area contributed by atoms with Crippen LogP contribution < -0.4 is 5.32 Å². The summed E-state index contributed by atoms with van der Waals surface area (Å²) in [6.07, 6.45) is 5.08. The Morgan fingerprint density at radius 1 is 1.38 bits per heavy atom. The van der Waals surface area contributed by atoms with E-state index < -0.39 is 4.92 Å². The summed E-state index contributed by atoms with van der Waals surface area (Å²) >= 11 is 0. The molecule has 4 heteroatoms. The molecule has 0 aliphatic heterocycles. The summed E-state index contributed by atoms with van der Waals surface area (Å²) in [5, 5.41) is 13.7. The first-order valence-corrected chi connectivity index (χ1v) is 5.35. The second-order valence-corrected chi connectivity index (χ2v) is 3.46. The van der Waals surface area contributed by atoms with Crippen molar-refractivity contribution in [2.24, 2.45) is 0 Å². The van der Waals surface area contributed by atoms with Crippen molar-refractivity contribution in [3.63, 3.8) is 0 Å². The van der Waals surface area contributed by atoms with Crippen molar-refractivity contribution < 1.29 is 4.92 Å². The third kappa shape index (κ3) is 4.23. The van der Waals surface area contributed by atoms with Gasteiger partial charge in [0.25, 0.3) is 5.69 Å². The lowest BCUT2D eigenvalue weighted by Gasteiger charge is -1.96. The molecule has 0 heterocycles. The molecule has 1 N–H and O–H groups in total.